The number of carbonyl (C=O) groups is 3. The fraction of sp³-hybridized carbons (Fsp3) is 0.286. The van der Waals surface area contributed by atoms with Crippen LogP contribution < -0.4 is 16.4 Å². The third-order valence-electron chi connectivity index (χ3n) is 4.27. The minimum Gasteiger partial charge on any atom is -0.508 e. The third kappa shape index (κ3) is 7.44. The molecule has 0 saturated carbocycles. The number of alkyl carbamates (subject to hydrolysis) is 1. The number of carboxylic acids is 1. The summed E-state index contributed by atoms with van der Waals surface area (Å²) in [5, 5.41) is 23.6. The maximum absolute atomic E-state index is 12.6. The van der Waals surface area contributed by atoms with Crippen LogP contribution in [0.4, 0.5) is 4.79 Å². The summed E-state index contributed by atoms with van der Waals surface area (Å²) >= 11 is 0. The van der Waals surface area contributed by atoms with Crippen molar-refractivity contribution in [2.75, 3.05) is 6.54 Å². The van der Waals surface area contributed by atoms with E-state index in [1.807, 2.05) is 6.07 Å². The first-order valence-electron chi connectivity index (χ1n) is 9.37. The van der Waals surface area contributed by atoms with Gasteiger partial charge in [-0.15, -0.1) is 0 Å². The Morgan fingerprint density at radius 2 is 1.60 bits per heavy atom. The Morgan fingerprint density at radius 3 is 2.20 bits per heavy atom. The summed E-state index contributed by atoms with van der Waals surface area (Å²) in [7, 11) is 0. The molecule has 0 spiro atoms. The van der Waals surface area contributed by atoms with Crippen LogP contribution in [0.2, 0.25) is 0 Å². The molecular weight excluding hydrogens is 390 g/mol. The molecule has 2 rings (SSSR count). The van der Waals surface area contributed by atoms with Crippen LogP contribution in [0.1, 0.15) is 17.5 Å². The van der Waals surface area contributed by atoms with Crippen LogP contribution >= 0.6 is 0 Å². The molecule has 0 bridgehead atoms. The number of nitrogens with two attached hydrogens (primary N) is 1. The third-order valence-corrected chi connectivity index (χ3v) is 4.27. The van der Waals surface area contributed by atoms with Crippen LogP contribution in [0.5, 0.6) is 5.75 Å². The first kappa shape index (κ1) is 22.7. The van der Waals surface area contributed by atoms with Gasteiger partial charge in [0, 0.05) is 6.42 Å². The number of amides is 2. The van der Waals surface area contributed by atoms with E-state index in [0.29, 0.717) is 5.56 Å². The Balaban J connectivity index is 1.95. The molecule has 0 aliphatic rings. The van der Waals surface area contributed by atoms with Crippen LogP contribution in [-0.2, 0) is 27.4 Å². The van der Waals surface area contributed by atoms with Crippen LogP contribution in [0, 0.1) is 0 Å². The monoisotopic (exact) mass is 415 g/mol. The van der Waals surface area contributed by atoms with E-state index >= 15 is 0 Å². The number of carbonyl (C=O) groups excluding carboxylic acids is 2. The van der Waals surface area contributed by atoms with Crippen LogP contribution in [0.15, 0.2) is 54.6 Å². The molecule has 0 radical (unpaired) electrons. The second kappa shape index (κ2) is 11.4. The number of ether oxygens (including phenoxy) is 1. The van der Waals surface area contributed by atoms with Crippen molar-refractivity contribution >= 4 is 18.0 Å². The number of hydrogen-bond acceptors (Lipinski definition) is 6. The predicted molar refractivity (Wildman–Crippen MR) is 109 cm³/mol. The molecule has 2 aromatic rings. The number of benzene rings is 2. The summed E-state index contributed by atoms with van der Waals surface area (Å²) in [6.07, 6.45) is -0.690. The molecule has 30 heavy (non-hydrogen) atoms. The van der Waals surface area contributed by atoms with Crippen molar-refractivity contribution < 1.29 is 29.3 Å². The highest BCUT2D eigenvalue weighted by Gasteiger charge is 2.26. The van der Waals surface area contributed by atoms with Gasteiger partial charge in [-0.05, 0) is 36.2 Å². The molecule has 0 aliphatic heterocycles. The van der Waals surface area contributed by atoms with Gasteiger partial charge in [0.15, 0.2) is 0 Å². The molecule has 6 N–H and O–H groups in total. The molecule has 2 atom stereocenters. The van der Waals surface area contributed by atoms with Crippen LogP contribution in [0.25, 0.3) is 0 Å². The molecule has 2 amide bonds. The van der Waals surface area contributed by atoms with Crippen molar-refractivity contribution in [3.05, 3.63) is 65.7 Å². The lowest BCUT2D eigenvalue weighted by atomic mass is 10.0. The topological polar surface area (TPSA) is 151 Å². The van der Waals surface area contributed by atoms with Crippen LogP contribution in [0.3, 0.4) is 0 Å². The Kier molecular flexibility index (Phi) is 8.64. The average Bonchev–Trinajstić information content (AvgIpc) is 2.73. The highest BCUT2D eigenvalue weighted by molar-refractivity contribution is 5.89. The van der Waals surface area contributed by atoms with Gasteiger partial charge in [-0.3, -0.25) is 4.79 Å². The lowest BCUT2D eigenvalue weighted by Crippen LogP contribution is -2.52. The van der Waals surface area contributed by atoms with E-state index in [1.54, 1.807) is 36.4 Å². The molecule has 0 heterocycles. The van der Waals surface area contributed by atoms with Gasteiger partial charge in [0.25, 0.3) is 0 Å². The van der Waals surface area contributed by atoms with Crippen LogP contribution in [-0.4, -0.2) is 46.8 Å². The molecule has 9 heteroatoms. The van der Waals surface area contributed by atoms with Gasteiger partial charge in [0.1, 0.15) is 24.4 Å². The van der Waals surface area contributed by atoms with E-state index in [1.165, 1.54) is 12.1 Å². The highest BCUT2D eigenvalue weighted by Crippen LogP contribution is 2.12. The van der Waals surface area contributed by atoms with Gasteiger partial charge in [-0.2, -0.15) is 0 Å². The van der Waals surface area contributed by atoms with Crippen molar-refractivity contribution in [2.24, 2.45) is 5.73 Å². The summed E-state index contributed by atoms with van der Waals surface area (Å²) in [4.78, 5) is 36.2. The van der Waals surface area contributed by atoms with Crippen molar-refractivity contribution in [3.8, 4) is 5.75 Å². The first-order chi connectivity index (χ1) is 14.4. The molecule has 0 unspecified atom stereocenters. The van der Waals surface area contributed by atoms with Crippen molar-refractivity contribution in [2.45, 2.75) is 31.5 Å². The summed E-state index contributed by atoms with van der Waals surface area (Å²) in [5.74, 6) is -1.85. The minimum absolute atomic E-state index is 0.00908. The number of rotatable bonds is 10. The Bertz CT molecular complexity index is 842. The number of phenolic OH excluding ortho intramolecular Hbond substituents is 1. The molecule has 0 fully saturated rings. The van der Waals surface area contributed by atoms with E-state index in [4.69, 9.17) is 10.5 Å². The van der Waals surface area contributed by atoms with Crippen molar-refractivity contribution in [1.82, 2.24) is 10.6 Å². The zero-order valence-corrected chi connectivity index (χ0v) is 16.3. The molecule has 0 aromatic heterocycles. The lowest BCUT2D eigenvalue weighted by Gasteiger charge is -2.21. The van der Waals surface area contributed by atoms with Crippen molar-refractivity contribution in [3.63, 3.8) is 0 Å². The largest absolute Gasteiger partial charge is 0.508 e. The zero-order valence-electron chi connectivity index (χ0n) is 16.3. The molecule has 0 saturated heterocycles. The molecule has 2 aromatic carbocycles. The first-order valence-corrected chi connectivity index (χ1v) is 9.37. The minimum atomic E-state index is -1.23. The second-order valence-corrected chi connectivity index (χ2v) is 6.61. The van der Waals surface area contributed by atoms with Gasteiger partial charge in [0.05, 0.1) is 0 Å². The quantitative estimate of drug-likeness (QED) is 0.390. The van der Waals surface area contributed by atoms with Gasteiger partial charge in [-0.1, -0.05) is 42.5 Å². The predicted octanol–water partition coefficient (Wildman–Crippen LogP) is 1.15. The fourth-order valence-corrected chi connectivity index (χ4v) is 2.68. The summed E-state index contributed by atoms with van der Waals surface area (Å²) < 4.78 is 5.10. The number of hydrogen-bond donors (Lipinski definition) is 5. The van der Waals surface area contributed by atoms with Gasteiger partial charge in [0.2, 0.25) is 5.91 Å². The number of aromatic hydroxyl groups is 1. The van der Waals surface area contributed by atoms with E-state index in [2.05, 4.69) is 10.6 Å². The fourth-order valence-electron chi connectivity index (χ4n) is 2.68. The number of phenols is 1. The number of nitrogens with one attached hydrogen (secondary N) is 2. The van der Waals surface area contributed by atoms with E-state index in [-0.39, 0.29) is 31.7 Å². The SMILES string of the molecule is NCC[C@@H](NC(=O)OCc1ccccc1)C(=O)N[C@@H](Cc1ccc(O)cc1)C(=O)O. The molecular formula is C21H25N3O6. The van der Waals surface area contributed by atoms with Gasteiger partial charge >= 0.3 is 12.1 Å². The molecule has 0 aliphatic carbocycles. The smallest absolute Gasteiger partial charge is 0.408 e. The Morgan fingerprint density at radius 1 is 0.933 bits per heavy atom. The Labute approximate surface area is 173 Å². The summed E-state index contributed by atoms with van der Waals surface area (Å²) in [6.45, 7) is 0.134. The zero-order chi connectivity index (χ0) is 21.9. The molecule has 9 nitrogen and oxygen atoms in total. The van der Waals surface area contributed by atoms with Crippen molar-refractivity contribution in [1.29, 1.82) is 0 Å². The standard InChI is InChI=1S/C21H25N3O6/c22-11-10-17(24-21(29)30-13-15-4-2-1-3-5-15)19(26)23-18(20(27)28)12-14-6-8-16(25)9-7-14/h1-9,17-18,25H,10-13,22H2,(H,23,26)(H,24,29)(H,27,28)/t17-,18+/m1/s1. The van der Waals surface area contributed by atoms with Gasteiger partial charge in [-0.25, -0.2) is 9.59 Å². The average molecular weight is 415 g/mol. The second-order valence-electron chi connectivity index (χ2n) is 6.61. The number of carboxylic acid groups (broad SMARTS) is 1. The normalized spacial score (nSPS) is 12.4. The highest BCUT2D eigenvalue weighted by atomic mass is 16.5. The van der Waals surface area contributed by atoms with E-state index in [0.717, 1.165) is 5.56 Å². The van der Waals surface area contributed by atoms with E-state index < -0.39 is 30.1 Å². The summed E-state index contributed by atoms with van der Waals surface area (Å²) in [6, 6.07) is 12.8. The summed E-state index contributed by atoms with van der Waals surface area (Å²) in [5.41, 5.74) is 6.93. The maximum Gasteiger partial charge on any atom is 0.408 e. The lowest BCUT2D eigenvalue weighted by molar-refractivity contribution is -0.142. The maximum atomic E-state index is 12.6. The molecule has 160 valence electrons. The Hall–Kier alpha value is -3.59. The number of aliphatic carboxylic acids is 1. The van der Waals surface area contributed by atoms with Gasteiger partial charge < -0.3 is 31.3 Å². The van der Waals surface area contributed by atoms with E-state index in [9.17, 15) is 24.6 Å².